The van der Waals surface area contributed by atoms with E-state index < -0.39 is 0 Å². The zero-order valence-corrected chi connectivity index (χ0v) is 19.3. The predicted octanol–water partition coefficient (Wildman–Crippen LogP) is 3.70. The highest BCUT2D eigenvalue weighted by molar-refractivity contribution is 14.0. The third-order valence-electron chi connectivity index (χ3n) is 5.30. The van der Waals surface area contributed by atoms with E-state index >= 15 is 0 Å². The van der Waals surface area contributed by atoms with Crippen molar-refractivity contribution in [1.29, 1.82) is 0 Å². The summed E-state index contributed by atoms with van der Waals surface area (Å²) >= 11 is 0. The van der Waals surface area contributed by atoms with Gasteiger partial charge in [-0.25, -0.2) is 4.99 Å². The SMILES string of the molecule is CCNC(=NCCOc1ccc2c(c1)CCC(=O)N2)NC1CCC(C)CC1.I. The maximum atomic E-state index is 11.4. The van der Waals surface area contributed by atoms with Crippen LogP contribution in [0.5, 0.6) is 5.75 Å². The third-order valence-corrected chi connectivity index (χ3v) is 5.30. The second-order valence-corrected chi connectivity index (χ2v) is 7.58. The number of hydrogen-bond donors (Lipinski definition) is 3. The molecule has 0 aromatic heterocycles. The van der Waals surface area contributed by atoms with Gasteiger partial charge in [-0.2, -0.15) is 0 Å². The van der Waals surface area contributed by atoms with Gasteiger partial charge in [0.05, 0.1) is 6.54 Å². The zero-order chi connectivity index (χ0) is 19.1. The summed E-state index contributed by atoms with van der Waals surface area (Å²) < 4.78 is 5.86. The van der Waals surface area contributed by atoms with Crippen LogP contribution in [0.3, 0.4) is 0 Å². The molecule has 3 rings (SSSR count). The number of rotatable bonds is 6. The largest absolute Gasteiger partial charge is 0.492 e. The fourth-order valence-electron chi connectivity index (χ4n) is 3.69. The van der Waals surface area contributed by atoms with Gasteiger partial charge >= 0.3 is 0 Å². The Hall–Kier alpha value is -1.51. The number of hydrogen-bond acceptors (Lipinski definition) is 3. The minimum atomic E-state index is 0. The van der Waals surface area contributed by atoms with Gasteiger partial charge in [0.15, 0.2) is 5.96 Å². The lowest BCUT2D eigenvalue weighted by Gasteiger charge is -2.28. The van der Waals surface area contributed by atoms with E-state index in [1.165, 1.54) is 25.7 Å². The number of nitrogens with one attached hydrogen (secondary N) is 3. The van der Waals surface area contributed by atoms with E-state index in [2.05, 4.69) is 34.8 Å². The number of carbonyl (C=O) groups is 1. The first-order chi connectivity index (χ1) is 13.1. The highest BCUT2D eigenvalue weighted by atomic mass is 127. The van der Waals surface area contributed by atoms with Gasteiger partial charge in [0.2, 0.25) is 5.91 Å². The van der Waals surface area contributed by atoms with Crippen LogP contribution in [0.15, 0.2) is 23.2 Å². The lowest BCUT2D eigenvalue weighted by atomic mass is 9.87. The highest BCUT2D eigenvalue weighted by Crippen LogP contribution is 2.26. The number of ether oxygens (including phenoxy) is 1. The Labute approximate surface area is 185 Å². The van der Waals surface area contributed by atoms with Crippen LogP contribution in [0.25, 0.3) is 0 Å². The molecule has 156 valence electrons. The summed E-state index contributed by atoms with van der Waals surface area (Å²) in [7, 11) is 0. The Balaban J connectivity index is 0.00000280. The van der Waals surface area contributed by atoms with E-state index in [1.807, 2.05) is 18.2 Å². The van der Waals surface area contributed by atoms with E-state index in [4.69, 9.17) is 4.74 Å². The molecule has 1 aromatic rings. The first-order valence-electron chi connectivity index (χ1n) is 10.2. The van der Waals surface area contributed by atoms with Crippen molar-refractivity contribution in [2.45, 2.75) is 58.4 Å². The van der Waals surface area contributed by atoms with Gasteiger partial charge in [0.1, 0.15) is 12.4 Å². The maximum Gasteiger partial charge on any atom is 0.224 e. The molecular weight excluding hydrogens is 467 g/mol. The summed E-state index contributed by atoms with van der Waals surface area (Å²) in [6.45, 7) is 6.41. The number of benzene rings is 1. The van der Waals surface area contributed by atoms with Gasteiger partial charge in [-0.15, -0.1) is 24.0 Å². The van der Waals surface area contributed by atoms with Gasteiger partial charge < -0.3 is 20.7 Å². The van der Waals surface area contributed by atoms with Gasteiger partial charge in [-0.1, -0.05) is 6.92 Å². The Morgan fingerprint density at radius 3 is 2.79 bits per heavy atom. The highest BCUT2D eigenvalue weighted by Gasteiger charge is 2.19. The van der Waals surface area contributed by atoms with E-state index in [-0.39, 0.29) is 29.9 Å². The lowest BCUT2D eigenvalue weighted by molar-refractivity contribution is -0.116. The minimum absolute atomic E-state index is 0. The van der Waals surface area contributed by atoms with Crippen molar-refractivity contribution in [3.63, 3.8) is 0 Å². The smallest absolute Gasteiger partial charge is 0.224 e. The van der Waals surface area contributed by atoms with Crippen LogP contribution in [0.4, 0.5) is 5.69 Å². The summed E-state index contributed by atoms with van der Waals surface area (Å²) in [6, 6.07) is 6.36. The van der Waals surface area contributed by atoms with Gasteiger partial charge in [-0.05, 0) is 68.7 Å². The van der Waals surface area contributed by atoms with Gasteiger partial charge in [0.25, 0.3) is 0 Å². The topological polar surface area (TPSA) is 74.8 Å². The number of halogens is 1. The molecule has 1 amide bonds. The second kappa shape index (κ2) is 11.5. The first kappa shape index (κ1) is 22.8. The number of carbonyl (C=O) groups excluding carboxylic acids is 1. The van der Waals surface area contributed by atoms with E-state index in [0.29, 0.717) is 25.6 Å². The molecular formula is C21H33IN4O2. The van der Waals surface area contributed by atoms with Crippen LogP contribution in [0, 0.1) is 5.92 Å². The number of anilines is 1. The molecule has 1 aliphatic carbocycles. The monoisotopic (exact) mass is 500 g/mol. The van der Waals surface area contributed by atoms with Crippen molar-refractivity contribution in [2.24, 2.45) is 10.9 Å². The Morgan fingerprint density at radius 2 is 2.04 bits per heavy atom. The lowest BCUT2D eigenvalue weighted by Crippen LogP contribution is -2.44. The predicted molar refractivity (Wildman–Crippen MR) is 125 cm³/mol. The molecule has 28 heavy (non-hydrogen) atoms. The van der Waals surface area contributed by atoms with Crippen LogP contribution in [-0.2, 0) is 11.2 Å². The molecule has 0 unspecified atom stereocenters. The van der Waals surface area contributed by atoms with E-state index in [0.717, 1.165) is 41.8 Å². The zero-order valence-electron chi connectivity index (χ0n) is 16.9. The molecule has 6 nitrogen and oxygen atoms in total. The van der Waals surface area contributed by atoms with Crippen LogP contribution < -0.4 is 20.7 Å². The Morgan fingerprint density at radius 1 is 1.25 bits per heavy atom. The van der Waals surface area contributed by atoms with Crippen LogP contribution >= 0.6 is 24.0 Å². The molecule has 1 heterocycles. The Bertz CT molecular complexity index is 672. The fraction of sp³-hybridized carbons (Fsp3) is 0.619. The molecule has 1 fully saturated rings. The third kappa shape index (κ3) is 6.83. The van der Waals surface area contributed by atoms with Crippen molar-refractivity contribution in [1.82, 2.24) is 10.6 Å². The van der Waals surface area contributed by atoms with Crippen molar-refractivity contribution in [2.75, 3.05) is 25.0 Å². The standard InChI is InChI=1S/C21H32N4O2.HI/c1-3-22-21(24-17-7-4-15(2)5-8-17)23-12-13-27-18-9-10-19-16(14-18)6-11-20(26)25-19;/h9-10,14-15,17H,3-8,11-13H2,1-2H3,(H,25,26)(H2,22,23,24);1H. The van der Waals surface area contributed by atoms with Crippen LogP contribution in [0.1, 0.15) is 51.5 Å². The molecule has 2 aliphatic rings. The van der Waals surface area contributed by atoms with Crippen LogP contribution in [0.2, 0.25) is 0 Å². The second-order valence-electron chi connectivity index (χ2n) is 7.58. The number of aliphatic imine (C=N–C) groups is 1. The summed E-state index contributed by atoms with van der Waals surface area (Å²) in [5.74, 6) is 2.65. The van der Waals surface area contributed by atoms with Gasteiger partial charge in [-0.3, -0.25) is 4.79 Å². The van der Waals surface area contributed by atoms with Crippen molar-refractivity contribution in [3.8, 4) is 5.75 Å². The first-order valence-corrected chi connectivity index (χ1v) is 10.2. The quantitative estimate of drug-likeness (QED) is 0.241. The van der Waals surface area contributed by atoms with Crippen LogP contribution in [-0.4, -0.2) is 37.6 Å². The van der Waals surface area contributed by atoms with Crippen molar-refractivity contribution < 1.29 is 9.53 Å². The Kier molecular flexibility index (Phi) is 9.34. The number of aryl methyl sites for hydroxylation is 1. The van der Waals surface area contributed by atoms with E-state index in [9.17, 15) is 4.79 Å². The maximum absolute atomic E-state index is 11.4. The molecule has 1 aromatic carbocycles. The molecule has 1 aliphatic heterocycles. The number of fused-ring (bicyclic) bond motifs is 1. The minimum Gasteiger partial charge on any atom is -0.492 e. The molecule has 0 saturated heterocycles. The number of amides is 1. The molecule has 0 bridgehead atoms. The molecule has 0 spiro atoms. The average Bonchev–Trinajstić information content (AvgIpc) is 2.67. The summed E-state index contributed by atoms with van der Waals surface area (Å²) in [6.07, 6.45) is 6.32. The van der Waals surface area contributed by atoms with Crippen molar-refractivity contribution in [3.05, 3.63) is 23.8 Å². The average molecular weight is 500 g/mol. The number of nitrogens with zero attached hydrogens (tertiary/aromatic N) is 1. The molecule has 0 radical (unpaired) electrons. The molecule has 7 heteroatoms. The normalized spacial score (nSPS) is 21.8. The summed E-state index contributed by atoms with van der Waals surface area (Å²) in [5, 5.41) is 9.78. The van der Waals surface area contributed by atoms with Crippen molar-refractivity contribution >= 4 is 41.5 Å². The summed E-state index contributed by atoms with van der Waals surface area (Å²) in [4.78, 5) is 16.1. The van der Waals surface area contributed by atoms with E-state index in [1.54, 1.807) is 0 Å². The molecule has 1 saturated carbocycles. The molecule has 3 N–H and O–H groups in total. The number of guanidine groups is 1. The van der Waals surface area contributed by atoms with Gasteiger partial charge in [0, 0.05) is 24.7 Å². The molecule has 0 atom stereocenters. The fourth-order valence-corrected chi connectivity index (χ4v) is 3.69. The summed E-state index contributed by atoms with van der Waals surface area (Å²) in [5.41, 5.74) is 2.04.